The van der Waals surface area contributed by atoms with Gasteiger partial charge in [0.1, 0.15) is 0 Å². The predicted molar refractivity (Wildman–Crippen MR) is 30.6 cm³/mol. The minimum atomic E-state index is -0.400. The Labute approximate surface area is 53.3 Å². The van der Waals surface area contributed by atoms with Crippen molar-refractivity contribution in [3.63, 3.8) is 0 Å². The first kappa shape index (κ1) is 6.13. The molecule has 0 aliphatic carbocycles. The smallest absolute Gasteiger partial charge is 0.347 e. The largest absolute Gasteiger partial charge is 0.487 e. The molecule has 1 heterocycles. The Morgan fingerprint density at radius 1 is 1.89 bits per heavy atom. The van der Waals surface area contributed by atoms with Gasteiger partial charge in [0, 0.05) is 6.42 Å². The number of ether oxygens (including phenoxy) is 2. The van der Waals surface area contributed by atoms with Crippen molar-refractivity contribution >= 4 is 5.97 Å². The topological polar surface area (TPSA) is 35.5 Å². The molecule has 0 spiro atoms. The van der Waals surface area contributed by atoms with Crippen molar-refractivity contribution in [2.75, 3.05) is 6.61 Å². The van der Waals surface area contributed by atoms with Gasteiger partial charge in [-0.1, -0.05) is 6.58 Å². The molecule has 0 aromatic carbocycles. The van der Waals surface area contributed by atoms with Crippen LogP contribution in [0.5, 0.6) is 0 Å². The van der Waals surface area contributed by atoms with Crippen LogP contribution >= 0.6 is 0 Å². The van der Waals surface area contributed by atoms with Gasteiger partial charge in [-0.2, -0.15) is 0 Å². The molecule has 0 saturated carbocycles. The molecule has 9 heavy (non-hydrogen) atoms. The van der Waals surface area contributed by atoms with E-state index in [1.807, 2.05) is 0 Å². The van der Waals surface area contributed by atoms with Crippen LogP contribution in [0.4, 0.5) is 0 Å². The number of hydrogen-bond acceptors (Lipinski definition) is 3. The van der Waals surface area contributed by atoms with Crippen LogP contribution in [0.3, 0.4) is 0 Å². The highest BCUT2D eigenvalue weighted by Crippen LogP contribution is 2.09. The summed E-state index contributed by atoms with van der Waals surface area (Å²) in [5.41, 5.74) is 0. The highest BCUT2D eigenvalue weighted by molar-refractivity contribution is 5.76. The van der Waals surface area contributed by atoms with E-state index in [2.05, 4.69) is 11.3 Å². The van der Waals surface area contributed by atoms with Crippen LogP contribution in [0.2, 0.25) is 0 Å². The van der Waals surface area contributed by atoms with E-state index in [1.165, 1.54) is 6.26 Å². The summed E-state index contributed by atoms with van der Waals surface area (Å²) in [5.74, 6) is -0.282. The molecule has 3 heteroatoms. The van der Waals surface area contributed by atoms with Gasteiger partial charge >= 0.3 is 5.97 Å². The summed E-state index contributed by atoms with van der Waals surface area (Å²) in [6, 6.07) is 0. The van der Waals surface area contributed by atoms with E-state index in [0.717, 1.165) is 0 Å². The van der Waals surface area contributed by atoms with Crippen molar-refractivity contribution in [2.24, 2.45) is 0 Å². The SMILES string of the molecule is C=COC1CCOC1=O. The van der Waals surface area contributed by atoms with Gasteiger partial charge in [0.05, 0.1) is 12.9 Å². The first-order valence-electron chi connectivity index (χ1n) is 2.77. The number of rotatable bonds is 2. The van der Waals surface area contributed by atoms with E-state index >= 15 is 0 Å². The fourth-order valence-corrected chi connectivity index (χ4v) is 0.717. The molecule has 1 aliphatic heterocycles. The van der Waals surface area contributed by atoms with E-state index in [4.69, 9.17) is 4.74 Å². The minimum Gasteiger partial charge on any atom is -0.487 e. The lowest BCUT2D eigenvalue weighted by atomic mass is 10.3. The third-order valence-corrected chi connectivity index (χ3v) is 1.15. The molecule has 0 aromatic heterocycles. The van der Waals surface area contributed by atoms with Crippen LogP contribution in [-0.2, 0) is 14.3 Å². The summed E-state index contributed by atoms with van der Waals surface area (Å²) < 4.78 is 9.41. The maximum Gasteiger partial charge on any atom is 0.347 e. The van der Waals surface area contributed by atoms with Crippen molar-refractivity contribution < 1.29 is 14.3 Å². The molecular weight excluding hydrogens is 120 g/mol. The molecule has 1 rings (SSSR count). The molecule has 0 radical (unpaired) electrons. The maximum absolute atomic E-state index is 10.6. The quantitative estimate of drug-likeness (QED) is 0.400. The van der Waals surface area contributed by atoms with Crippen LogP contribution in [0.25, 0.3) is 0 Å². The van der Waals surface area contributed by atoms with Crippen LogP contribution in [0, 0.1) is 0 Å². The Morgan fingerprint density at radius 2 is 2.67 bits per heavy atom. The second-order valence-electron chi connectivity index (χ2n) is 1.75. The van der Waals surface area contributed by atoms with Crippen LogP contribution in [-0.4, -0.2) is 18.7 Å². The number of carbonyl (C=O) groups is 1. The van der Waals surface area contributed by atoms with Crippen molar-refractivity contribution in [2.45, 2.75) is 12.5 Å². The summed E-state index contributed by atoms with van der Waals surface area (Å²) in [5, 5.41) is 0. The van der Waals surface area contributed by atoms with Gasteiger partial charge in [0.25, 0.3) is 0 Å². The second kappa shape index (κ2) is 2.53. The molecule has 0 amide bonds. The van der Waals surface area contributed by atoms with Gasteiger partial charge in [-0.05, 0) is 0 Å². The third kappa shape index (κ3) is 1.22. The van der Waals surface area contributed by atoms with Crippen LogP contribution < -0.4 is 0 Å². The molecule has 0 bridgehead atoms. The summed E-state index contributed by atoms with van der Waals surface area (Å²) in [7, 11) is 0. The Kier molecular flexibility index (Phi) is 1.72. The molecule has 1 unspecified atom stereocenters. The molecule has 3 nitrogen and oxygen atoms in total. The fourth-order valence-electron chi connectivity index (χ4n) is 0.717. The summed E-state index contributed by atoms with van der Waals surface area (Å²) in [6.45, 7) is 3.80. The molecule has 1 saturated heterocycles. The average molecular weight is 128 g/mol. The third-order valence-electron chi connectivity index (χ3n) is 1.15. The van der Waals surface area contributed by atoms with Gasteiger partial charge in [-0.15, -0.1) is 0 Å². The molecule has 1 aliphatic rings. The van der Waals surface area contributed by atoms with E-state index in [0.29, 0.717) is 13.0 Å². The molecule has 50 valence electrons. The standard InChI is InChI=1S/C6H8O3/c1-2-8-5-3-4-9-6(5)7/h2,5H,1,3-4H2. The number of esters is 1. The molecule has 0 aromatic rings. The van der Waals surface area contributed by atoms with Crippen molar-refractivity contribution in [3.05, 3.63) is 12.8 Å². The molecule has 1 fully saturated rings. The molecule has 1 atom stereocenters. The lowest BCUT2D eigenvalue weighted by molar-refractivity contribution is -0.144. The fraction of sp³-hybridized carbons (Fsp3) is 0.500. The average Bonchev–Trinajstić information content (AvgIpc) is 2.18. The lowest BCUT2D eigenvalue weighted by Gasteiger charge is -2.01. The lowest BCUT2D eigenvalue weighted by Crippen LogP contribution is -2.15. The Balaban J connectivity index is 2.39. The maximum atomic E-state index is 10.6. The normalized spacial score (nSPS) is 25.3. The predicted octanol–water partition coefficient (Wildman–Crippen LogP) is 0.462. The van der Waals surface area contributed by atoms with Gasteiger partial charge < -0.3 is 9.47 Å². The zero-order chi connectivity index (χ0) is 6.69. The van der Waals surface area contributed by atoms with Gasteiger partial charge in [0.15, 0.2) is 6.10 Å². The van der Waals surface area contributed by atoms with Crippen molar-refractivity contribution in [1.29, 1.82) is 0 Å². The van der Waals surface area contributed by atoms with Crippen molar-refractivity contribution in [3.8, 4) is 0 Å². The first-order chi connectivity index (χ1) is 4.34. The summed E-state index contributed by atoms with van der Waals surface area (Å²) in [6.07, 6.45) is 1.50. The first-order valence-corrected chi connectivity index (χ1v) is 2.77. The molecule has 0 N–H and O–H groups in total. The number of hydrogen-bond donors (Lipinski definition) is 0. The minimum absolute atomic E-state index is 0.282. The number of carbonyl (C=O) groups excluding carboxylic acids is 1. The Hall–Kier alpha value is -0.990. The van der Waals surface area contributed by atoms with Crippen molar-refractivity contribution in [1.82, 2.24) is 0 Å². The van der Waals surface area contributed by atoms with E-state index in [9.17, 15) is 4.79 Å². The Morgan fingerprint density at radius 3 is 3.11 bits per heavy atom. The summed E-state index contributed by atoms with van der Waals surface area (Å²) in [4.78, 5) is 10.6. The van der Waals surface area contributed by atoms with E-state index < -0.39 is 6.10 Å². The van der Waals surface area contributed by atoms with E-state index in [-0.39, 0.29) is 5.97 Å². The van der Waals surface area contributed by atoms with Gasteiger partial charge in [0.2, 0.25) is 0 Å². The summed E-state index contributed by atoms with van der Waals surface area (Å²) >= 11 is 0. The number of cyclic esters (lactones) is 1. The van der Waals surface area contributed by atoms with E-state index in [1.54, 1.807) is 0 Å². The monoisotopic (exact) mass is 128 g/mol. The van der Waals surface area contributed by atoms with Gasteiger partial charge in [-0.25, -0.2) is 4.79 Å². The highest BCUT2D eigenvalue weighted by atomic mass is 16.6. The van der Waals surface area contributed by atoms with Crippen LogP contribution in [0.15, 0.2) is 12.8 Å². The van der Waals surface area contributed by atoms with Gasteiger partial charge in [-0.3, -0.25) is 0 Å². The molecular formula is C6H8O3. The highest BCUT2D eigenvalue weighted by Gasteiger charge is 2.26. The zero-order valence-electron chi connectivity index (χ0n) is 5.00. The van der Waals surface area contributed by atoms with Crippen LogP contribution in [0.1, 0.15) is 6.42 Å². The second-order valence-corrected chi connectivity index (χ2v) is 1.75. The Bertz CT molecular complexity index is 130. The zero-order valence-corrected chi connectivity index (χ0v) is 5.00.